The Morgan fingerprint density at radius 2 is 2.00 bits per heavy atom. The van der Waals surface area contributed by atoms with Gasteiger partial charge in [0.2, 0.25) is 5.91 Å². The molecule has 3 nitrogen and oxygen atoms in total. The van der Waals surface area contributed by atoms with E-state index in [9.17, 15) is 14.3 Å². The summed E-state index contributed by atoms with van der Waals surface area (Å²) in [4.78, 5) is 11.5. The lowest BCUT2D eigenvalue weighted by atomic mass is 10.1. The fourth-order valence-electron chi connectivity index (χ4n) is 1.41. The van der Waals surface area contributed by atoms with Crippen molar-refractivity contribution in [3.05, 3.63) is 47.3 Å². The summed E-state index contributed by atoms with van der Waals surface area (Å²) in [5.74, 6) is -0.616. The highest BCUT2D eigenvalue weighted by Crippen LogP contribution is 2.13. The van der Waals surface area contributed by atoms with Crippen LogP contribution in [0.4, 0.5) is 4.39 Å². The van der Waals surface area contributed by atoms with E-state index in [2.05, 4.69) is 5.32 Å². The first kappa shape index (κ1) is 13.4. The average molecular weight is 237 g/mol. The number of carbonyl (C=O) groups is 1. The second kappa shape index (κ2) is 6.15. The van der Waals surface area contributed by atoms with Crippen molar-refractivity contribution in [3.63, 3.8) is 0 Å². The maximum atomic E-state index is 12.7. The smallest absolute Gasteiger partial charge is 0.244 e. The quantitative estimate of drug-likeness (QED) is 0.786. The van der Waals surface area contributed by atoms with Crippen molar-refractivity contribution in [2.45, 2.75) is 19.9 Å². The number of aliphatic hydroxyl groups is 1. The lowest BCUT2D eigenvalue weighted by molar-refractivity contribution is -0.117. The van der Waals surface area contributed by atoms with E-state index in [1.54, 1.807) is 12.1 Å². The van der Waals surface area contributed by atoms with Crippen LogP contribution in [0.5, 0.6) is 0 Å². The highest BCUT2D eigenvalue weighted by molar-refractivity contribution is 5.88. The molecular weight excluding hydrogens is 221 g/mol. The highest BCUT2D eigenvalue weighted by Gasteiger charge is 2.12. The second-order valence-electron chi connectivity index (χ2n) is 4.02. The molecule has 0 heterocycles. The van der Waals surface area contributed by atoms with Crippen LogP contribution >= 0.6 is 0 Å². The molecule has 4 heteroatoms. The van der Waals surface area contributed by atoms with E-state index in [0.717, 1.165) is 5.57 Å². The summed E-state index contributed by atoms with van der Waals surface area (Å²) in [7, 11) is 0. The van der Waals surface area contributed by atoms with Crippen LogP contribution in [0.2, 0.25) is 0 Å². The Hall–Kier alpha value is -1.68. The minimum atomic E-state index is -0.515. The van der Waals surface area contributed by atoms with Crippen molar-refractivity contribution < 1.29 is 14.3 Å². The summed E-state index contributed by atoms with van der Waals surface area (Å²) in [5, 5.41) is 11.8. The van der Waals surface area contributed by atoms with Crippen LogP contribution in [0.1, 0.15) is 25.5 Å². The number of hydrogen-bond donors (Lipinski definition) is 2. The number of hydrogen-bond acceptors (Lipinski definition) is 2. The molecule has 0 aliphatic rings. The van der Waals surface area contributed by atoms with Crippen LogP contribution < -0.4 is 5.32 Å². The number of amides is 1. The third-order valence-electron chi connectivity index (χ3n) is 2.19. The lowest BCUT2D eigenvalue weighted by Crippen LogP contribution is -2.29. The summed E-state index contributed by atoms with van der Waals surface area (Å²) >= 11 is 0. The number of halogens is 1. The molecule has 17 heavy (non-hydrogen) atoms. The summed E-state index contributed by atoms with van der Waals surface area (Å²) in [6.45, 7) is 3.39. The van der Waals surface area contributed by atoms with Crippen LogP contribution in [-0.4, -0.2) is 17.6 Å². The van der Waals surface area contributed by atoms with E-state index >= 15 is 0 Å². The Bertz CT molecular complexity index is 408. The molecule has 0 fully saturated rings. The zero-order chi connectivity index (χ0) is 12.8. The van der Waals surface area contributed by atoms with Gasteiger partial charge >= 0.3 is 0 Å². The Balaban J connectivity index is 2.75. The minimum Gasteiger partial charge on any atom is -0.394 e. The molecule has 92 valence electrons. The Morgan fingerprint density at radius 3 is 2.47 bits per heavy atom. The molecule has 0 saturated heterocycles. The number of benzene rings is 1. The zero-order valence-corrected chi connectivity index (χ0v) is 9.90. The van der Waals surface area contributed by atoms with E-state index in [4.69, 9.17) is 0 Å². The van der Waals surface area contributed by atoms with E-state index in [-0.39, 0.29) is 18.3 Å². The molecule has 2 N–H and O–H groups in total. The van der Waals surface area contributed by atoms with Crippen LogP contribution in [0.25, 0.3) is 0 Å². The molecule has 0 aliphatic carbocycles. The van der Waals surface area contributed by atoms with E-state index in [0.29, 0.717) is 5.56 Å². The minimum absolute atomic E-state index is 0.228. The van der Waals surface area contributed by atoms with E-state index < -0.39 is 6.04 Å². The zero-order valence-electron chi connectivity index (χ0n) is 9.90. The standard InChI is InChI=1S/C13H16FNO2/c1-9(2)7-13(17)15-12(8-16)10-3-5-11(14)6-4-10/h3-7,12,16H,8H2,1-2H3,(H,15,17). The van der Waals surface area contributed by atoms with Gasteiger partial charge in [-0.2, -0.15) is 0 Å². The molecule has 0 saturated carbocycles. The Labute approximate surface area is 100.0 Å². The van der Waals surface area contributed by atoms with Crippen LogP contribution in [0, 0.1) is 5.82 Å². The van der Waals surface area contributed by atoms with Gasteiger partial charge in [-0.3, -0.25) is 4.79 Å². The van der Waals surface area contributed by atoms with Gasteiger partial charge in [-0.25, -0.2) is 4.39 Å². The third kappa shape index (κ3) is 4.36. The molecule has 1 aromatic rings. The average Bonchev–Trinajstić information content (AvgIpc) is 2.26. The number of aliphatic hydroxyl groups excluding tert-OH is 1. The molecular formula is C13H16FNO2. The number of nitrogens with one attached hydrogen (secondary N) is 1. The summed E-state index contributed by atoms with van der Waals surface area (Å²) < 4.78 is 12.7. The topological polar surface area (TPSA) is 49.3 Å². The van der Waals surface area contributed by atoms with Gasteiger partial charge in [0.15, 0.2) is 0 Å². The largest absolute Gasteiger partial charge is 0.394 e. The first-order chi connectivity index (χ1) is 8.02. The van der Waals surface area contributed by atoms with Gasteiger partial charge in [-0.15, -0.1) is 0 Å². The van der Waals surface area contributed by atoms with Gasteiger partial charge in [0.1, 0.15) is 5.82 Å². The maximum Gasteiger partial charge on any atom is 0.244 e. The van der Waals surface area contributed by atoms with Crippen LogP contribution in [0.15, 0.2) is 35.9 Å². The molecule has 0 radical (unpaired) electrons. The number of carbonyl (C=O) groups excluding carboxylic acids is 1. The fraction of sp³-hybridized carbons (Fsp3) is 0.308. The van der Waals surface area contributed by atoms with Crippen molar-refractivity contribution in [1.29, 1.82) is 0 Å². The molecule has 0 aromatic heterocycles. The summed E-state index contributed by atoms with van der Waals surface area (Å²) in [6, 6.07) is 5.16. The molecule has 1 unspecified atom stereocenters. The summed E-state index contributed by atoms with van der Waals surface area (Å²) in [6.07, 6.45) is 1.45. The Kier molecular flexibility index (Phi) is 4.84. The van der Waals surface area contributed by atoms with Gasteiger partial charge in [-0.05, 0) is 31.5 Å². The van der Waals surface area contributed by atoms with Crippen molar-refractivity contribution in [3.8, 4) is 0 Å². The molecule has 0 bridgehead atoms. The maximum absolute atomic E-state index is 12.7. The predicted molar refractivity (Wildman–Crippen MR) is 63.8 cm³/mol. The summed E-state index contributed by atoms with van der Waals surface area (Å²) in [5.41, 5.74) is 1.54. The van der Waals surface area contributed by atoms with Gasteiger partial charge in [0.25, 0.3) is 0 Å². The number of rotatable bonds is 4. The number of allylic oxidation sites excluding steroid dienone is 1. The van der Waals surface area contributed by atoms with Crippen molar-refractivity contribution in [2.24, 2.45) is 0 Å². The monoisotopic (exact) mass is 237 g/mol. The van der Waals surface area contributed by atoms with Crippen molar-refractivity contribution in [1.82, 2.24) is 5.32 Å². The fourth-order valence-corrected chi connectivity index (χ4v) is 1.41. The second-order valence-corrected chi connectivity index (χ2v) is 4.02. The van der Waals surface area contributed by atoms with E-state index in [1.165, 1.54) is 18.2 Å². The van der Waals surface area contributed by atoms with Crippen LogP contribution in [0.3, 0.4) is 0 Å². The Morgan fingerprint density at radius 1 is 1.41 bits per heavy atom. The first-order valence-electron chi connectivity index (χ1n) is 5.34. The lowest BCUT2D eigenvalue weighted by Gasteiger charge is -2.15. The van der Waals surface area contributed by atoms with Crippen molar-refractivity contribution >= 4 is 5.91 Å². The van der Waals surface area contributed by atoms with Crippen LogP contribution in [-0.2, 0) is 4.79 Å². The normalized spacial score (nSPS) is 11.8. The molecule has 1 atom stereocenters. The van der Waals surface area contributed by atoms with Gasteiger partial charge in [0, 0.05) is 6.08 Å². The molecule has 1 aromatic carbocycles. The molecule has 0 spiro atoms. The molecule has 1 rings (SSSR count). The van der Waals surface area contributed by atoms with E-state index in [1.807, 2.05) is 13.8 Å². The SMILES string of the molecule is CC(C)=CC(=O)NC(CO)c1ccc(F)cc1. The molecule has 1 amide bonds. The van der Waals surface area contributed by atoms with Gasteiger partial charge in [-0.1, -0.05) is 17.7 Å². The third-order valence-corrected chi connectivity index (χ3v) is 2.19. The van der Waals surface area contributed by atoms with Gasteiger partial charge in [0.05, 0.1) is 12.6 Å². The van der Waals surface area contributed by atoms with Crippen molar-refractivity contribution in [2.75, 3.05) is 6.61 Å². The first-order valence-corrected chi connectivity index (χ1v) is 5.34. The van der Waals surface area contributed by atoms with Gasteiger partial charge < -0.3 is 10.4 Å². The molecule has 0 aliphatic heterocycles. The predicted octanol–water partition coefficient (Wildman–Crippen LogP) is 1.94. The highest BCUT2D eigenvalue weighted by atomic mass is 19.1.